The second kappa shape index (κ2) is 3.78. The molecule has 12 heavy (non-hydrogen) atoms. The van der Waals surface area contributed by atoms with Gasteiger partial charge in [-0.25, -0.2) is 0 Å². The summed E-state index contributed by atoms with van der Waals surface area (Å²) in [7, 11) is 0. The number of hydrogen-bond acceptors (Lipinski definition) is 1. The second-order valence-corrected chi connectivity index (χ2v) is 4.99. The summed E-state index contributed by atoms with van der Waals surface area (Å²) in [5.41, 5.74) is 0.498. The Kier molecular flexibility index (Phi) is 3.16. The van der Waals surface area contributed by atoms with Crippen LogP contribution in [0.1, 0.15) is 47.0 Å². The fraction of sp³-hybridized carbons (Fsp3) is 1.00. The van der Waals surface area contributed by atoms with Crippen LogP contribution in [-0.4, -0.2) is 12.7 Å². The van der Waals surface area contributed by atoms with Crippen LogP contribution in [-0.2, 0) is 4.74 Å². The first-order valence-electron chi connectivity index (χ1n) is 5.15. The first kappa shape index (κ1) is 10.0. The van der Waals surface area contributed by atoms with Crippen molar-refractivity contribution in [2.45, 2.75) is 53.1 Å². The number of ether oxygens (including phenoxy) is 1. The van der Waals surface area contributed by atoms with E-state index in [1.807, 2.05) is 0 Å². The Balaban J connectivity index is 2.46. The van der Waals surface area contributed by atoms with Crippen molar-refractivity contribution < 1.29 is 4.74 Å². The average molecular weight is 170 g/mol. The van der Waals surface area contributed by atoms with E-state index in [4.69, 9.17) is 4.74 Å². The molecular formula is C11H22O. The van der Waals surface area contributed by atoms with E-state index in [0.29, 0.717) is 11.5 Å². The van der Waals surface area contributed by atoms with Gasteiger partial charge in [0.2, 0.25) is 0 Å². The minimum Gasteiger partial charge on any atom is -0.378 e. The Hall–Kier alpha value is -0.0400. The summed E-state index contributed by atoms with van der Waals surface area (Å²) in [6.07, 6.45) is 4.38. The van der Waals surface area contributed by atoms with Gasteiger partial charge in [-0.3, -0.25) is 0 Å². The third kappa shape index (κ3) is 2.78. The summed E-state index contributed by atoms with van der Waals surface area (Å²) in [4.78, 5) is 0. The topological polar surface area (TPSA) is 9.23 Å². The van der Waals surface area contributed by atoms with Gasteiger partial charge in [0.05, 0.1) is 6.10 Å². The predicted octanol–water partition coefficient (Wildman–Crippen LogP) is 3.24. The third-order valence-electron chi connectivity index (χ3n) is 2.75. The molecule has 72 valence electrons. The summed E-state index contributed by atoms with van der Waals surface area (Å²) >= 11 is 0. The van der Waals surface area contributed by atoms with Gasteiger partial charge in [-0.05, 0) is 37.5 Å². The van der Waals surface area contributed by atoms with Crippen molar-refractivity contribution in [2.75, 3.05) is 6.61 Å². The normalized spacial score (nSPS) is 35.0. The van der Waals surface area contributed by atoms with Gasteiger partial charge in [0.15, 0.2) is 0 Å². The van der Waals surface area contributed by atoms with Gasteiger partial charge in [-0.2, -0.15) is 0 Å². The van der Waals surface area contributed by atoms with Crippen molar-refractivity contribution in [2.24, 2.45) is 11.3 Å². The Bertz CT molecular complexity index is 140. The lowest BCUT2D eigenvalue weighted by atomic mass is 9.71. The first-order chi connectivity index (χ1) is 5.53. The van der Waals surface area contributed by atoms with E-state index in [0.717, 1.165) is 12.5 Å². The molecule has 0 aromatic rings. The minimum absolute atomic E-state index is 0.498. The highest BCUT2D eigenvalue weighted by molar-refractivity contribution is 4.83. The quantitative estimate of drug-likeness (QED) is 0.618. The van der Waals surface area contributed by atoms with Gasteiger partial charge in [-0.15, -0.1) is 0 Å². The van der Waals surface area contributed by atoms with Gasteiger partial charge >= 0.3 is 0 Å². The van der Waals surface area contributed by atoms with Crippen LogP contribution < -0.4 is 0 Å². The third-order valence-corrected chi connectivity index (χ3v) is 2.75. The molecule has 1 rings (SSSR count). The highest BCUT2D eigenvalue weighted by Crippen LogP contribution is 2.39. The zero-order valence-corrected chi connectivity index (χ0v) is 8.89. The zero-order valence-electron chi connectivity index (χ0n) is 8.89. The van der Waals surface area contributed by atoms with E-state index in [-0.39, 0.29) is 0 Å². The van der Waals surface area contributed by atoms with Gasteiger partial charge in [0.1, 0.15) is 0 Å². The molecule has 0 aromatic heterocycles. The molecule has 0 aromatic carbocycles. The van der Waals surface area contributed by atoms with Gasteiger partial charge in [0.25, 0.3) is 0 Å². The molecule has 0 saturated heterocycles. The largest absolute Gasteiger partial charge is 0.378 e. The smallest absolute Gasteiger partial charge is 0.0582 e. The van der Waals surface area contributed by atoms with Crippen LogP contribution in [0.25, 0.3) is 0 Å². The molecule has 2 atom stereocenters. The van der Waals surface area contributed by atoms with Crippen LogP contribution in [0.5, 0.6) is 0 Å². The van der Waals surface area contributed by atoms with Gasteiger partial charge in [-0.1, -0.05) is 20.8 Å². The van der Waals surface area contributed by atoms with Crippen LogP contribution in [0.3, 0.4) is 0 Å². The molecule has 0 spiro atoms. The van der Waals surface area contributed by atoms with Crippen molar-refractivity contribution in [3.63, 3.8) is 0 Å². The summed E-state index contributed by atoms with van der Waals surface area (Å²) < 4.78 is 5.69. The standard InChI is InChI=1S/C11H22O/c1-5-12-10-6-9(2)7-11(3,4)8-10/h9-10H,5-8H2,1-4H3. The monoisotopic (exact) mass is 170 g/mol. The maximum atomic E-state index is 5.69. The number of hydrogen-bond donors (Lipinski definition) is 0. The summed E-state index contributed by atoms with van der Waals surface area (Å²) in [5, 5.41) is 0. The average Bonchev–Trinajstić information content (AvgIpc) is 1.82. The highest BCUT2D eigenvalue weighted by atomic mass is 16.5. The second-order valence-electron chi connectivity index (χ2n) is 4.99. The zero-order chi connectivity index (χ0) is 9.19. The molecule has 1 fully saturated rings. The molecule has 1 aliphatic carbocycles. The highest BCUT2D eigenvalue weighted by Gasteiger charge is 2.31. The van der Waals surface area contributed by atoms with E-state index < -0.39 is 0 Å². The maximum absolute atomic E-state index is 5.69. The van der Waals surface area contributed by atoms with Crippen LogP contribution in [0.2, 0.25) is 0 Å². The molecule has 0 heterocycles. The Morgan fingerprint density at radius 1 is 1.33 bits per heavy atom. The van der Waals surface area contributed by atoms with Crippen molar-refractivity contribution in [3.8, 4) is 0 Å². The van der Waals surface area contributed by atoms with Crippen LogP contribution in [0, 0.1) is 11.3 Å². The molecule has 0 bridgehead atoms. The molecule has 2 unspecified atom stereocenters. The Morgan fingerprint density at radius 3 is 2.50 bits per heavy atom. The fourth-order valence-corrected chi connectivity index (χ4v) is 2.62. The molecule has 1 nitrogen and oxygen atoms in total. The SMILES string of the molecule is CCOC1CC(C)CC(C)(C)C1. The van der Waals surface area contributed by atoms with Crippen LogP contribution in [0.15, 0.2) is 0 Å². The van der Waals surface area contributed by atoms with Crippen molar-refractivity contribution >= 4 is 0 Å². The van der Waals surface area contributed by atoms with Gasteiger partial charge in [0, 0.05) is 6.61 Å². The van der Waals surface area contributed by atoms with Crippen molar-refractivity contribution in [1.29, 1.82) is 0 Å². The van der Waals surface area contributed by atoms with E-state index in [1.54, 1.807) is 0 Å². The van der Waals surface area contributed by atoms with Crippen LogP contribution in [0.4, 0.5) is 0 Å². The Morgan fingerprint density at radius 2 is 2.00 bits per heavy atom. The minimum atomic E-state index is 0.498. The predicted molar refractivity (Wildman–Crippen MR) is 52.2 cm³/mol. The molecule has 0 aliphatic heterocycles. The summed E-state index contributed by atoms with van der Waals surface area (Å²) in [6, 6.07) is 0. The molecule has 0 radical (unpaired) electrons. The fourth-order valence-electron chi connectivity index (χ4n) is 2.62. The van der Waals surface area contributed by atoms with Crippen molar-refractivity contribution in [3.05, 3.63) is 0 Å². The number of rotatable bonds is 2. The van der Waals surface area contributed by atoms with E-state index in [9.17, 15) is 0 Å². The summed E-state index contributed by atoms with van der Waals surface area (Å²) in [5.74, 6) is 0.838. The van der Waals surface area contributed by atoms with E-state index in [2.05, 4.69) is 27.7 Å². The van der Waals surface area contributed by atoms with Crippen LogP contribution >= 0.6 is 0 Å². The molecule has 1 saturated carbocycles. The molecule has 1 heteroatoms. The molecular weight excluding hydrogens is 148 g/mol. The molecule has 0 amide bonds. The van der Waals surface area contributed by atoms with Gasteiger partial charge < -0.3 is 4.74 Å². The lowest BCUT2D eigenvalue weighted by Crippen LogP contribution is -2.32. The van der Waals surface area contributed by atoms with E-state index >= 15 is 0 Å². The van der Waals surface area contributed by atoms with Crippen molar-refractivity contribution in [1.82, 2.24) is 0 Å². The summed E-state index contributed by atoms with van der Waals surface area (Å²) in [6.45, 7) is 10.0. The molecule has 0 N–H and O–H groups in total. The van der Waals surface area contributed by atoms with E-state index in [1.165, 1.54) is 19.3 Å². The lowest BCUT2D eigenvalue weighted by Gasteiger charge is -2.38. The first-order valence-corrected chi connectivity index (χ1v) is 5.15. The molecule has 1 aliphatic rings. The Labute approximate surface area is 76.5 Å². The lowest BCUT2D eigenvalue weighted by molar-refractivity contribution is -0.0172. The maximum Gasteiger partial charge on any atom is 0.0582 e.